The Morgan fingerprint density at radius 1 is 1.16 bits per heavy atom. The van der Waals surface area contributed by atoms with E-state index in [1.54, 1.807) is 13.2 Å². The van der Waals surface area contributed by atoms with E-state index in [-0.39, 0.29) is 18.4 Å². The van der Waals surface area contributed by atoms with Gasteiger partial charge in [-0.15, -0.1) is 0 Å². The van der Waals surface area contributed by atoms with E-state index in [9.17, 15) is 9.59 Å². The lowest BCUT2D eigenvalue weighted by Crippen LogP contribution is -2.51. The quantitative estimate of drug-likeness (QED) is 0.678. The topological polar surface area (TPSA) is 61.9 Å². The van der Waals surface area contributed by atoms with Crippen molar-refractivity contribution in [3.8, 4) is 5.75 Å². The van der Waals surface area contributed by atoms with Crippen molar-refractivity contribution in [2.24, 2.45) is 5.92 Å². The number of carbonyl (C=O) groups excluding carboxylic acids is 2. The van der Waals surface area contributed by atoms with Crippen LogP contribution in [0.5, 0.6) is 5.75 Å². The highest BCUT2D eigenvalue weighted by Gasteiger charge is 2.32. The summed E-state index contributed by atoms with van der Waals surface area (Å²) >= 11 is 0. The van der Waals surface area contributed by atoms with Crippen molar-refractivity contribution in [1.29, 1.82) is 0 Å². The number of rotatable bonds is 7. The molecule has 0 radical (unpaired) electrons. The molecule has 1 N–H and O–H groups in total. The molecule has 1 saturated carbocycles. The molecule has 1 aromatic carbocycles. The molecule has 170 valence electrons. The number of amides is 2. The number of hydrogen-bond donors (Lipinski definition) is 1. The third-order valence-corrected chi connectivity index (χ3v) is 6.95. The molecule has 3 rings (SSSR count). The Bertz CT molecular complexity index is 771. The van der Waals surface area contributed by atoms with E-state index in [0.717, 1.165) is 37.4 Å². The first kappa shape index (κ1) is 23.3. The van der Waals surface area contributed by atoms with E-state index >= 15 is 0 Å². The minimum atomic E-state index is -0.278. The molecule has 31 heavy (non-hydrogen) atoms. The molecule has 2 amide bonds. The largest absolute Gasteiger partial charge is 0.496 e. The molecule has 1 aliphatic carbocycles. The molecule has 1 saturated heterocycles. The molecular weight excluding hydrogens is 390 g/mol. The molecule has 1 heterocycles. The van der Waals surface area contributed by atoms with Crippen LogP contribution in [-0.4, -0.2) is 67.5 Å². The van der Waals surface area contributed by atoms with Crippen LogP contribution >= 0.6 is 0 Å². The summed E-state index contributed by atoms with van der Waals surface area (Å²) in [6.07, 6.45) is 10.5. The molecule has 2 atom stereocenters. The zero-order valence-corrected chi connectivity index (χ0v) is 19.2. The van der Waals surface area contributed by atoms with Crippen LogP contribution in [0.15, 0.2) is 30.3 Å². The summed E-state index contributed by atoms with van der Waals surface area (Å²) < 4.78 is 5.28. The average molecular weight is 428 g/mol. The second-order valence-corrected chi connectivity index (χ2v) is 8.90. The normalized spacial score (nSPS) is 22.6. The van der Waals surface area contributed by atoms with Gasteiger partial charge in [0.1, 0.15) is 5.75 Å². The van der Waals surface area contributed by atoms with Crippen molar-refractivity contribution >= 4 is 17.9 Å². The minimum Gasteiger partial charge on any atom is -0.496 e. The van der Waals surface area contributed by atoms with Crippen molar-refractivity contribution in [1.82, 2.24) is 15.1 Å². The van der Waals surface area contributed by atoms with Gasteiger partial charge < -0.3 is 19.9 Å². The van der Waals surface area contributed by atoms with E-state index in [2.05, 4.69) is 24.2 Å². The maximum absolute atomic E-state index is 12.6. The zero-order valence-electron chi connectivity index (χ0n) is 19.2. The Morgan fingerprint density at radius 2 is 1.87 bits per heavy atom. The van der Waals surface area contributed by atoms with Crippen molar-refractivity contribution in [3.05, 3.63) is 35.9 Å². The standard InChI is InChI=1S/C25H37N3O3/c1-19-8-4-6-10-22(19)27(2)21-14-16-28(17-15-21)25(30)18-26-24(29)13-12-20-9-5-7-11-23(20)31-3/h5,7,9,11-13,19,21-22H,4,6,8,10,14-18H2,1-3H3,(H,26,29)/b13-12+/t19-,22+/m1/s1. The number of hydrogen-bond acceptors (Lipinski definition) is 4. The Kier molecular flexibility index (Phi) is 8.52. The van der Waals surface area contributed by atoms with Crippen molar-refractivity contribution in [3.63, 3.8) is 0 Å². The van der Waals surface area contributed by atoms with E-state index < -0.39 is 0 Å². The minimum absolute atomic E-state index is 0.00817. The van der Waals surface area contributed by atoms with Crippen LogP contribution in [0, 0.1) is 5.92 Å². The third kappa shape index (κ3) is 6.33. The van der Waals surface area contributed by atoms with Gasteiger partial charge in [-0.2, -0.15) is 0 Å². The van der Waals surface area contributed by atoms with E-state index in [1.165, 1.54) is 31.8 Å². The number of carbonyl (C=O) groups is 2. The summed E-state index contributed by atoms with van der Waals surface area (Å²) in [4.78, 5) is 29.2. The van der Waals surface area contributed by atoms with Gasteiger partial charge in [0.2, 0.25) is 11.8 Å². The van der Waals surface area contributed by atoms with Gasteiger partial charge in [0, 0.05) is 36.8 Å². The summed E-state index contributed by atoms with van der Waals surface area (Å²) in [6.45, 7) is 3.95. The smallest absolute Gasteiger partial charge is 0.244 e. The second-order valence-electron chi connectivity index (χ2n) is 8.90. The summed E-state index contributed by atoms with van der Waals surface area (Å²) in [5.41, 5.74) is 0.824. The molecule has 2 aliphatic rings. The first-order valence-electron chi connectivity index (χ1n) is 11.6. The fourth-order valence-electron chi connectivity index (χ4n) is 5.00. The molecule has 1 aliphatic heterocycles. The predicted molar refractivity (Wildman–Crippen MR) is 124 cm³/mol. The average Bonchev–Trinajstić information content (AvgIpc) is 2.81. The summed E-state index contributed by atoms with van der Waals surface area (Å²) in [6, 6.07) is 8.72. The van der Waals surface area contributed by atoms with E-state index in [4.69, 9.17) is 4.74 Å². The summed E-state index contributed by atoms with van der Waals surface area (Å²) in [5, 5.41) is 2.71. The lowest BCUT2D eigenvalue weighted by Gasteiger charge is -2.44. The van der Waals surface area contributed by atoms with Crippen LogP contribution in [-0.2, 0) is 9.59 Å². The maximum Gasteiger partial charge on any atom is 0.244 e. The number of ether oxygens (including phenoxy) is 1. The molecule has 0 spiro atoms. The number of methoxy groups -OCH3 is 1. The lowest BCUT2D eigenvalue weighted by molar-refractivity contribution is -0.133. The van der Waals surface area contributed by atoms with Gasteiger partial charge in [-0.25, -0.2) is 0 Å². The molecule has 2 fully saturated rings. The fraction of sp³-hybridized carbons (Fsp3) is 0.600. The SMILES string of the molecule is COc1ccccc1/C=C/C(=O)NCC(=O)N1CCC(N(C)[C@H]2CCCC[C@H]2C)CC1. The van der Waals surface area contributed by atoms with Crippen LogP contribution in [0.4, 0.5) is 0 Å². The summed E-state index contributed by atoms with van der Waals surface area (Å²) in [7, 11) is 3.87. The molecule has 6 nitrogen and oxygen atoms in total. The van der Waals surface area contributed by atoms with Gasteiger partial charge >= 0.3 is 0 Å². The maximum atomic E-state index is 12.6. The monoisotopic (exact) mass is 427 g/mol. The Balaban J connectivity index is 1.41. The van der Waals surface area contributed by atoms with Gasteiger partial charge in [-0.1, -0.05) is 38.0 Å². The van der Waals surface area contributed by atoms with Gasteiger partial charge in [-0.3, -0.25) is 9.59 Å². The second kappa shape index (κ2) is 11.3. The molecular formula is C25H37N3O3. The van der Waals surface area contributed by atoms with E-state index in [0.29, 0.717) is 17.8 Å². The third-order valence-electron chi connectivity index (χ3n) is 6.95. The Labute approximate surface area is 186 Å². The predicted octanol–water partition coefficient (Wildman–Crippen LogP) is 3.33. The highest BCUT2D eigenvalue weighted by atomic mass is 16.5. The number of nitrogens with one attached hydrogen (secondary N) is 1. The highest BCUT2D eigenvalue weighted by molar-refractivity contribution is 5.94. The van der Waals surface area contributed by atoms with Gasteiger partial charge in [0.25, 0.3) is 0 Å². The van der Waals surface area contributed by atoms with Gasteiger partial charge in [0.05, 0.1) is 13.7 Å². The van der Waals surface area contributed by atoms with E-state index in [1.807, 2.05) is 29.2 Å². The lowest BCUT2D eigenvalue weighted by atomic mass is 9.84. The highest BCUT2D eigenvalue weighted by Crippen LogP contribution is 2.30. The number of para-hydroxylation sites is 1. The zero-order chi connectivity index (χ0) is 22.2. The molecule has 1 aromatic rings. The molecule has 0 bridgehead atoms. The number of likely N-dealkylation sites (tertiary alicyclic amines) is 1. The molecule has 6 heteroatoms. The Hall–Kier alpha value is -2.34. The van der Waals surface area contributed by atoms with Gasteiger partial charge in [0.15, 0.2) is 0 Å². The summed E-state index contributed by atoms with van der Waals surface area (Å²) in [5.74, 6) is 1.18. The van der Waals surface area contributed by atoms with Crippen LogP contribution in [0.2, 0.25) is 0 Å². The first-order chi connectivity index (χ1) is 15.0. The van der Waals surface area contributed by atoms with Gasteiger partial charge in [-0.05, 0) is 50.8 Å². The Morgan fingerprint density at radius 3 is 2.58 bits per heavy atom. The molecule has 0 unspecified atom stereocenters. The number of nitrogens with zero attached hydrogens (tertiary/aromatic N) is 2. The van der Waals surface area contributed by atoms with Crippen LogP contribution < -0.4 is 10.1 Å². The fourth-order valence-corrected chi connectivity index (χ4v) is 5.00. The van der Waals surface area contributed by atoms with Crippen LogP contribution in [0.1, 0.15) is 51.0 Å². The van der Waals surface area contributed by atoms with Crippen molar-refractivity contribution < 1.29 is 14.3 Å². The molecule has 0 aromatic heterocycles. The van der Waals surface area contributed by atoms with Crippen molar-refractivity contribution in [2.75, 3.05) is 33.8 Å². The number of benzene rings is 1. The number of piperidine rings is 1. The van der Waals surface area contributed by atoms with Crippen molar-refractivity contribution in [2.45, 2.75) is 57.5 Å². The first-order valence-corrected chi connectivity index (χ1v) is 11.6. The van der Waals surface area contributed by atoms with Crippen LogP contribution in [0.3, 0.4) is 0 Å². The van der Waals surface area contributed by atoms with Crippen LogP contribution in [0.25, 0.3) is 6.08 Å².